The molecule has 0 aliphatic heterocycles. The fraction of sp³-hybridized carbons (Fsp3) is 0.211. The third-order valence-corrected chi connectivity index (χ3v) is 3.26. The molecule has 1 amide bonds. The Morgan fingerprint density at radius 1 is 1.14 bits per heavy atom. The fourth-order valence-corrected chi connectivity index (χ4v) is 2.14. The molecule has 0 spiro atoms. The summed E-state index contributed by atoms with van der Waals surface area (Å²) in [6, 6.07) is 13.6. The lowest BCUT2D eigenvalue weighted by Gasteiger charge is -2.07. The second-order valence-corrected chi connectivity index (χ2v) is 5.14. The van der Waals surface area contributed by atoms with E-state index in [2.05, 4.69) is 5.32 Å². The van der Waals surface area contributed by atoms with Gasteiger partial charge in [-0.3, -0.25) is 4.79 Å². The maximum atomic E-state index is 12.0. The Balaban J connectivity index is 1.98. The van der Waals surface area contributed by atoms with Crippen molar-refractivity contribution in [3.63, 3.8) is 0 Å². The summed E-state index contributed by atoms with van der Waals surface area (Å²) in [6.07, 6.45) is 3.32. The van der Waals surface area contributed by atoms with Crippen LogP contribution >= 0.6 is 0 Å². The molecule has 1 N–H and O–H groups in total. The predicted molar refractivity (Wildman–Crippen MR) is 91.2 cm³/mol. The zero-order valence-corrected chi connectivity index (χ0v) is 13.2. The van der Waals surface area contributed by atoms with Crippen molar-refractivity contribution in [3.8, 4) is 5.75 Å². The van der Waals surface area contributed by atoms with Crippen molar-refractivity contribution in [2.45, 2.75) is 20.8 Å². The Hall–Kier alpha value is -2.55. The standard InChI is InChI=1S/C19H21NO2/c1-4-22-17-9-6-16(7-10-17)8-12-19(21)20-18-11-5-14(2)13-15(18)3/h5-13H,4H2,1-3H3,(H,20,21). The van der Waals surface area contributed by atoms with E-state index in [1.54, 1.807) is 6.08 Å². The van der Waals surface area contributed by atoms with Crippen LogP contribution in [0.4, 0.5) is 5.69 Å². The second-order valence-electron chi connectivity index (χ2n) is 5.14. The summed E-state index contributed by atoms with van der Waals surface area (Å²) >= 11 is 0. The lowest BCUT2D eigenvalue weighted by Crippen LogP contribution is -2.08. The number of aryl methyl sites for hydroxylation is 2. The second kappa shape index (κ2) is 7.46. The van der Waals surface area contributed by atoms with Crippen molar-refractivity contribution in [2.24, 2.45) is 0 Å². The third kappa shape index (κ3) is 4.48. The van der Waals surface area contributed by atoms with Gasteiger partial charge in [-0.2, -0.15) is 0 Å². The van der Waals surface area contributed by atoms with E-state index in [1.165, 1.54) is 11.6 Å². The Morgan fingerprint density at radius 2 is 1.86 bits per heavy atom. The van der Waals surface area contributed by atoms with Crippen molar-refractivity contribution < 1.29 is 9.53 Å². The molecule has 0 saturated carbocycles. The van der Waals surface area contributed by atoms with Crippen molar-refractivity contribution in [1.82, 2.24) is 0 Å². The predicted octanol–water partition coefficient (Wildman–Crippen LogP) is 4.35. The minimum Gasteiger partial charge on any atom is -0.494 e. The van der Waals surface area contributed by atoms with Crippen LogP contribution in [-0.2, 0) is 4.79 Å². The van der Waals surface area contributed by atoms with Gasteiger partial charge in [0.2, 0.25) is 5.91 Å². The van der Waals surface area contributed by atoms with Crippen LogP contribution < -0.4 is 10.1 Å². The summed E-state index contributed by atoms with van der Waals surface area (Å²) in [5.41, 5.74) is 4.04. The van der Waals surface area contributed by atoms with Crippen LogP contribution in [0.3, 0.4) is 0 Å². The largest absolute Gasteiger partial charge is 0.494 e. The number of nitrogens with one attached hydrogen (secondary N) is 1. The highest BCUT2D eigenvalue weighted by molar-refractivity contribution is 6.02. The van der Waals surface area contributed by atoms with Gasteiger partial charge < -0.3 is 10.1 Å². The van der Waals surface area contributed by atoms with E-state index in [4.69, 9.17) is 4.74 Å². The van der Waals surface area contributed by atoms with E-state index < -0.39 is 0 Å². The van der Waals surface area contributed by atoms with E-state index in [0.29, 0.717) is 6.61 Å². The highest BCUT2D eigenvalue weighted by Gasteiger charge is 2.01. The third-order valence-electron chi connectivity index (χ3n) is 3.26. The van der Waals surface area contributed by atoms with Crippen molar-refractivity contribution in [3.05, 3.63) is 65.2 Å². The van der Waals surface area contributed by atoms with Gasteiger partial charge in [0, 0.05) is 11.8 Å². The van der Waals surface area contributed by atoms with Crippen LogP contribution in [0.25, 0.3) is 6.08 Å². The fourth-order valence-electron chi connectivity index (χ4n) is 2.14. The molecule has 0 aliphatic carbocycles. The van der Waals surface area contributed by atoms with Gasteiger partial charge in [-0.05, 0) is 56.2 Å². The average molecular weight is 295 g/mol. The molecular formula is C19H21NO2. The molecule has 0 heterocycles. The van der Waals surface area contributed by atoms with E-state index in [1.807, 2.05) is 63.2 Å². The molecular weight excluding hydrogens is 274 g/mol. The quantitative estimate of drug-likeness (QED) is 0.833. The molecule has 0 bridgehead atoms. The zero-order chi connectivity index (χ0) is 15.9. The van der Waals surface area contributed by atoms with Crippen LogP contribution in [0.5, 0.6) is 5.75 Å². The van der Waals surface area contributed by atoms with Crippen LogP contribution in [-0.4, -0.2) is 12.5 Å². The average Bonchev–Trinajstić information content (AvgIpc) is 2.50. The summed E-state index contributed by atoms with van der Waals surface area (Å²) in [5.74, 6) is 0.695. The molecule has 114 valence electrons. The molecule has 0 aliphatic rings. The lowest BCUT2D eigenvalue weighted by molar-refractivity contribution is -0.111. The van der Waals surface area contributed by atoms with Crippen LogP contribution in [0.2, 0.25) is 0 Å². The molecule has 3 heteroatoms. The number of amides is 1. The Bertz CT molecular complexity index is 672. The van der Waals surface area contributed by atoms with Gasteiger partial charge in [-0.1, -0.05) is 29.8 Å². The summed E-state index contributed by atoms with van der Waals surface area (Å²) in [4.78, 5) is 12.0. The van der Waals surface area contributed by atoms with Gasteiger partial charge in [0.05, 0.1) is 6.61 Å². The number of anilines is 1. The minimum atomic E-state index is -0.138. The zero-order valence-electron chi connectivity index (χ0n) is 13.2. The number of hydrogen-bond acceptors (Lipinski definition) is 2. The van der Waals surface area contributed by atoms with Crippen LogP contribution in [0.1, 0.15) is 23.6 Å². The number of hydrogen-bond donors (Lipinski definition) is 1. The smallest absolute Gasteiger partial charge is 0.248 e. The van der Waals surface area contributed by atoms with Gasteiger partial charge in [-0.25, -0.2) is 0 Å². The Kier molecular flexibility index (Phi) is 5.37. The van der Waals surface area contributed by atoms with E-state index >= 15 is 0 Å². The topological polar surface area (TPSA) is 38.3 Å². The monoisotopic (exact) mass is 295 g/mol. The molecule has 0 unspecified atom stereocenters. The van der Waals surface area contributed by atoms with Crippen LogP contribution in [0.15, 0.2) is 48.5 Å². The first-order valence-corrected chi connectivity index (χ1v) is 7.37. The van der Waals surface area contributed by atoms with Gasteiger partial charge in [-0.15, -0.1) is 0 Å². The molecule has 3 nitrogen and oxygen atoms in total. The van der Waals surface area contributed by atoms with Crippen molar-refractivity contribution in [1.29, 1.82) is 0 Å². The van der Waals surface area contributed by atoms with Gasteiger partial charge in [0.15, 0.2) is 0 Å². The van der Waals surface area contributed by atoms with E-state index in [9.17, 15) is 4.79 Å². The molecule has 2 aromatic carbocycles. The highest BCUT2D eigenvalue weighted by Crippen LogP contribution is 2.16. The van der Waals surface area contributed by atoms with E-state index in [-0.39, 0.29) is 5.91 Å². The summed E-state index contributed by atoms with van der Waals surface area (Å²) in [5, 5.41) is 2.89. The first-order valence-electron chi connectivity index (χ1n) is 7.37. The maximum absolute atomic E-state index is 12.0. The number of rotatable bonds is 5. The Labute approximate surface area is 131 Å². The molecule has 0 fully saturated rings. The normalized spacial score (nSPS) is 10.7. The number of carbonyl (C=O) groups is 1. The molecule has 2 rings (SSSR count). The summed E-state index contributed by atoms with van der Waals surface area (Å²) < 4.78 is 5.38. The molecule has 0 saturated heterocycles. The first kappa shape index (κ1) is 15.8. The maximum Gasteiger partial charge on any atom is 0.248 e. The first-order chi connectivity index (χ1) is 10.6. The Morgan fingerprint density at radius 3 is 2.50 bits per heavy atom. The minimum absolute atomic E-state index is 0.138. The SMILES string of the molecule is CCOc1ccc(C=CC(=O)Nc2ccc(C)cc2C)cc1. The van der Waals surface area contributed by atoms with Crippen molar-refractivity contribution in [2.75, 3.05) is 11.9 Å². The van der Waals surface area contributed by atoms with Crippen molar-refractivity contribution >= 4 is 17.7 Å². The number of benzene rings is 2. The highest BCUT2D eigenvalue weighted by atomic mass is 16.5. The summed E-state index contributed by atoms with van der Waals surface area (Å²) in [6.45, 7) is 6.61. The molecule has 0 aromatic heterocycles. The number of ether oxygens (including phenoxy) is 1. The van der Waals surface area contributed by atoms with Gasteiger partial charge in [0.25, 0.3) is 0 Å². The van der Waals surface area contributed by atoms with Gasteiger partial charge in [0.1, 0.15) is 5.75 Å². The van der Waals surface area contributed by atoms with Gasteiger partial charge >= 0.3 is 0 Å². The molecule has 0 atom stereocenters. The van der Waals surface area contributed by atoms with E-state index in [0.717, 1.165) is 22.6 Å². The van der Waals surface area contributed by atoms with Crippen LogP contribution in [0, 0.1) is 13.8 Å². The molecule has 2 aromatic rings. The number of carbonyl (C=O) groups excluding carboxylic acids is 1. The molecule has 22 heavy (non-hydrogen) atoms. The lowest BCUT2D eigenvalue weighted by atomic mass is 10.1. The summed E-state index contributed by atoms with van der Waals surface area (Å²) in [7, 11) is 0. The molecule has 0 radical (unpaired) electrons.